The minimum absolute atomic E-state index is 0.673. The van der Waals surface area contributed by atoms with E-state index < -0.39 is 0 Å². The molecule has 106 valence electrons. The molecular weight excluding hydrogens is 220 g/mol. The lowest BCUT2D eigenvalue weighted by atomic mass is 9.87. The fraction of sp³-hybridized carbons (Fsp3) is 1.00. The van der Waals surface area contributed by atoms with Crippen molar-refractivity contribution in [3.8, 4) is 0 Å². The van der Waals surface area contributed by atoms with Crippen molar-refractivity contribution in [3.63, 3.8) is 0 Å². The largest absolute Gasteiger partial charge is 0.329 e. The van der Waals surface area contributed by atoms with Crippen molar-refractivity contribution < 1.29 is 0 Å². The van der Waals surface area contributed by atoms with Gasteiger partial charge in [-0.3, -0.25) is 4.90 Å². The number of piperidine rings is 1. The van der Waals surface area contributed by atoms with Crippen LogP contribution in [-0.4, -0.2) is 30.6 Å². The summed E-state index contributed by atoms with van der Waals surface area (Å²) in [6, 6.07) is 0.673. The second kappa shape index (κ2) is 7.49. The van der Waals surface area contributed by atoms with E-state index in [0.717, 1.165) is 18.4 Å². The highest BCUT2D eigenvalue weighted by Crippen LogP contribution is 2.29. The Hall–Kier alpha value is -0.0800. The number of hydrogen-bond acceptors (Lipinski definition) is 2. The molecule has 0 radical (unpaired) electrons. The average Bonchev–Trinajstić information content (AvgIpc) is 2.68. The van der Waals surface area contributed by atoms with Gasteiger partial charge in [-0.25, -0.2) is 0 Å². The van der Waals surface area contributed by atoms with Crippen molar-refractivity contribution in [3.05, 3.63) is 0 Å². The summed E-state index contributed by atoms with van der Waals surface area (Å²) in [5.41, 5.74) is 6.00. The van der Waals surface area contributed by atoms with Crippen LogP contribution in [0.1, 0.15) is 64.7 Å². The van der Waals surface area contributed by atoms with Gasteiger partial charge in [0, 0.05) is 19.1 Å². The number of hydrogen-bond donors (Lipinski definition) is 1. The van der Waals surface area contributed by atoms with Crippen molar-refractivity contribution in [1.82, 2.24) is 4.90 Å². The Morgan fingerprint density at radius 1 is 1.00 bits per heavy atom. The minimum Gasteiger partial charge on any atom is -0.329 e. The van der Waals surface area contributed by atoms with Crippen molar-refractivity contribution >= 4 is 0 Å². The van der Waals surface area contributed by atoms with Crippen molar-refractivity contribution in [1.29, 1.82) is 0 Å². The molecule has 1 aliphatic carbocycles. The number of nitrogens with two attached hydrogens (primary N) is 1. The number of rotatable bonds is 4. The fourth-order valence-corrected chi connectivity index (χ4v) is 3.92. The highest BCUT2D eigenvalue weighted by molar-refractivity contribution is 4.83. The van der Waals surface area contributed by atoms with Crippen LogP contribution >= 0.6 is 0 Å². The van der Waals surface area contributed by atoms with Gasteiger partial charge >= 0.3 is 0 Å². The van der Waals surface area contributed by atoms with Crippen LogP contribution in [0.5, 0.6) is 0 Å². The summed E-state index contributed by atoms with van der Waals surface area (Å²) < 4.78 is 0. The van der Waals surface area contributed by atoms with Gasteiger partial charge in [0.15, 0.2) is 0 Å². The summed E-state index contributed by atoms with van der Waals surface area (Å²) >= 11 is 0. The Bertz CT molecular complexity index is 221. The van der Waals surface area contributed by atoms with Crippen LogP contribution < -0.4 is 5.73 Å². The van der Waals surface area contributed by atoms with Crippen LogP contribution in [0, 0.1) is 11.8 Å². The maximum absolute atomic E-state index is 6.00. The molecule has 2 fully saturated rings. The Labute approximate surface area is 113 Å². The van der Waals surface area contributed by atoms with Gasteiger partial charge in [-0.05, 0) is 44.1 Å². The number of nitrogens with zero attached hydrogens (tertiary/aromatic N) is 1. The standard InChI is InChI=1S/C16H32N2/c1-2-14-9-10-18(16(11-14)12-17)13-15-7-5-3-4-6-8-15/h14-16H,2-13,17H2,1H3. The molecule has 0 bridgehead atoms. The Morgan fingerprint density at radius 3 is 2.33 bits per heavy atom. The molecule has 1 heterocycles. The third kappa shape index (κ3) is 3.96. The zero-order valence-electron chi connectivity index (χ0n) is 12.2. The molecule has 2 heteroatoms. The zero-order chi connectivity index (χ0) is 12.8. The lowest BCUT2D eigenvalue weighted by Crippen LogP contribution is -2.48. The Kier molecular flexibility index (Phi) is 5.97. The second-order valence-electron chi connectivity index (χ2n) is 6.54. The molecule has 2 N–H and O–H groups in total. The predicted molar refractivity (Wildman–Crippen MR) is 78.6 cm³/mol. The summed E-state index contributed by atoms with van der Waals surface area (Å²) in [6.45, 7) is 5.83. The molecule has 0 amide bonds. The fourth-order valence-electron chi connectivity index (χ4n) is 3.92. The first-order valence-electron chi connectivity index (χ1n) is 8.27. The third-order valence-electron chi connectivity index (χ3n) is 5.26. The van der Waals surface area contributed by atoms with Gasteiger partial charge < -0.3 is 5.73 Å². The van der Waals surface area contributed by atoms with E-state index in [0.29, 0.717) is 6.04 Å². The van der Waals surface area contributed by atoms with Crippen LogP contribution in [0.2, 0.25) is 0 Å². The van der Waals surface area contributed by atoms with E-state index in [1.54, 1.807) is 0 Å². The van der Waals surface area contributed by atoms with Crippen molar-refractivity contribution in [2.75, 3.05) is 19.6 Å². The first-order valence-corrected chi connectivity index (χ1v) is 8.27. The van der Waals surface area contributed by atoms with E-state index in [-0.39, 0.29) is 0 Å². The maximum Gasteiger partial charge on any atom is 0.0221 e. The molecule has 0 aromatic rings. The molecule has 2 rings (SSSR count). The summed E-state index contributed by atoms with van der Waals surface area (Å²) in [4.78, 5) is 2.72. The molecule has 1 aliphatic heterocycles. The van der Waals surface area contributed by atoms with Crippen LogP contribution in [-0.2, 0) is 0 Å². The molecule has 0 aromatic carbocycles. The van der Waals surface area contributed by atoms with Gasteiger partial charge in [-0.15, -0.1) is 0 Å². The van der Waals surface area contributed by atoms with E-state index in [9.17, 15) is 0 Å². The van der Waals surface area contributed by atoms with Gasteiger partial charge in [0.05, 0.1) is 0 Å². The van der Waals surface area contributed by atoms with Crippen LogP contribution in [0.15, 0.2) is 0 Å². The molecule has 1 saturated heterocycles. The average molecular weight is 252 g/mol. The van der Waals surface area contributed by atoms with E-state index in [2.05, 4.69) is 11.8 Å². The number of likely N-dealkylation sites (tertiary alicyclic amines) is 1. The normalized spacial score (nSPS) is 32.3. The Balaban J connectivity index is 1.83. The molecule has 2 atom stereocenters. The van der Waals surface area contributed by atoms with E-state index in [1.165, 1.54) is 70.9 Å². The summed E-state index contributed by atoms with van der Waals surface area (Å²) in [5, 5.41) is 0. The Morgan fingerprint density at radius 2 is 1.72 bits per heavy atom. The van der Waals surface area contributed by atoms with Crippen LogP contribution in [0.4, 0.5) is 0 Å². The molecule has 2 unspecified atom stereocenters. The first-order chi connectivity index (χ1) is 8.83. The SMILES string of the molecule is CCC1CCN(CC2CCCCCC2)C(CN)C1. The highest BCUT2D eigenvalue weighted by Gasteiger charge is 2.28. The summed E-state index contributed by atoms with van der Waals surface area (Å²) in [6.07, 6.45) is 12.9. The summed E-state index contributed by atoms with van der Waals surface area (Å²) in [5.74, 6) is 1.89. The van der Waals surface area contributed by atoms with Crippen LogP contribution in [0.3, 0.4) is 0 Å². The summed E-state index contributed by atoms with van der Waals surface area (Å²) in [7, 11) is 0. The molecule has 2 aliphatic rings. The van der Waals surface area contributed by atoms with Gasteiger partial charge in [-0.2, -0.15) is 0 Å². The van der Waals surface area contributed by atoms with Gasteiger partial charge in [0.1, 0.15) is 0 Å². The molecule has 18 heavy (non-hydrogen) atoms. The minimum atomic E-state index is 0.673. The van der Waals surface area contributed by atoms with Gasteiger partial charge in [0.2, 0.25) is 0 Å². The third-order valence-corrected chi connectivity index (χ3v) is 5.26. The van der Waals surface area contributed by atoms with Crippen molar-refractivity contribution in [2.45, 2.75) is 70.8 Å². The molecule has 0 aromatic heterocycles. The van der Waals surface area contributed by atoms with Crippen molar-refractivity contribution in [2.24, 2.45) is 17.6 Å². The zero-order valence-corrected chi connectivity index (χ0v) is 12.2. The maximum atomic E-state index is 6.00. The van der Waals surface area contributed by atoms with E-state index >= 15 is 0 Å². The molecular formula is C16H32N2. The highest BCUT2D eigenvalue weighted by atomic mass is 15.2. The lowest BCUT2D eigenvalue weighted by Gasteiger charge is -2.40. The van der Waals surface area contributed by atoms with E-state index in [1.807, 2.05) is 0 Å². The molecule has 1 saturated carbocycles. The smallest absolute Gasteiger partial charge is 0.0221 e. The second-order valence-corrected chi connectivity index (χ2v) is 6.54. The monoisotopic (exact) mass is 252 g/mol. The molecule has 0 spiro atoms. The topological polar surface area (TPSA) is 29.3 Å². The van der Waals surface area contributed by atoms with E-state index in [4.69, 9.17) is 5.73 Å². The molecule has 2 nitrogen and oxygen atoms in total. The van der Waals surface area contributed by atoms with Crippen LogP contribution in [0.25, 0.3) is 0 Å². The van der Waals surface area contributed by atoms with Gasteiger partial charge in [0.25, 0.3) is 0 Å². The lowest BCUT2D eigenvalue weighted by molar-refractivity contribution is 0.0932. The predicted octanol–water partition coefficient (Wildman–Crippen LogP) is 3.41. The van der Waals surface area contributed by atoms with Gasteiger partial charge in [-0.1, -0.05) is 39.0 Å². The quantitative estimate of drug-likeness (QED) is 0.777. The first kappa shape index (κ1) is 14.3.